The molecule has 25 heavy (non-hydrogen) atoms. The fourth-order valence-electron chi connectivity index (χ4n) is 2.31. The SMILES string of the molecule is CN=C(NCc1ccc(S(=O)(=O)NC)cc1)NC(C)c1ccccc1. The van der Waals surface area contributed by atoms with Gasteiger partial charge in [0.1, 0.15) is 0 Å². The lowest BCUT2D eigenvalue weighted by molar-refractivity contribution is 0.588. The summed E-state index contributed by atoms with van der Waals surface area (Å²) >= 11 is 0. The van der Waals surface area contributed by atoms with E-state index in [0.717, 1.165) is 5.56 Å². The van der Waals surface area contributed by atoms with Crippen LogP contribution in [0.1, 0.15) is 24.1 Å². The van der Waals surface area contributed by atoms with Gasteiger partial charge in [-0.2, -0.15) is 0 Å². The van der Waals surface area contributed by atoms with Crippen molar-refractivity contribution in [2.45, 2.75) is 24.4 Å². The summed E-state index contributed by atoms with van der Waals surface area (Å²) in [6.45, 7) is 2.61. The predicted molar refractivity (Wildman–Crippen MR) is 101 cm³/mol. The molecule has 1 unspecified atom stereocenters. The average molecular weight is 360 g/mol. The highest BCUT2D eigenvalue weighted by atomic mass is 32.2. The first-order chi connectivity index (χ1) is 12.0. The maximum absolute atomic E-state index is 11.7. The summed E-state index contributed by atoms with van der Waals surface area (Å²) in [5.41, 5.74) is 2.14. The van der Waals surface area contributed by atoms with Crippen molar-refractivity contribution in [2.24, 2.45) is 4.99 Å². The van der Waals surface area contributed by atoms with E-state index in [9.17, 15) is 8.42 Å². The van der Waals surface area contributed by atoms with Crippen LogP contribution >= 0.6 is 0 Å². The molecule has 7 heteroatoms. The van der Waals surface area contributed by atoms with Gasteiger partial charge in [0.2, 0.25) is 10.0 Å². The lowest BCUT2D eigenvalue weighted by Gasteiger charge is -2.18. The van der Waals surface area contributed by atoms with E-state index in [0.29, 0.717) is 12.5 Å². The van der Waals surface area contributed by atoms with Gasteiger partial charge in [0.15, 0.2) is 5.96 Å². The number of sulfonamides is 1. The molecule has 0 aliphatic heterocycles. The normalized spacial score (nSPS) is 13.3. The Bertz CT molecular complexity index is 803. The van der Waals surface area contributed by atoms with Crippen LogP contribution in [0.25, 0.3) is 0 Å². The molecule has 1 atom stereocenters. The van der Waals surface area contributed by atoms with Gasteiger partial charge in [-0.15, -0.1) is 0 Å². The lowest BCUT2D eigenvalue weighted by atomic mass is 10.1. The quantitative estimate of drug-likeness (QED) is 0.544. The molecule has 2 aromatic carbocycles. The van der Waals surface area contributed by atoms with Gasteiger partial charge in [-0.05, 0) is 37.2 Å². The van der Waals surface area contributed by atoms with E-state index in [1.165, 1.54) is 12.6 Å². The van der Waals surface area contributed by atoms with Crippen LogP contribution in [-0.4, -0.2) is 28.5 Å². The Labute approximate surface area is 149 Å². The molecular weight excluding hydrogens is 336 g/mol. The van der Waals surface area contributed by atoms with Crippen molar-refractivity contribution in [3.8, 4) is 0 Å². The molecule has 3 N–H and O–H groups in total. The smallest absolute Gasteiger partial charge is 0.240 e. The Morgan fingerprint density at radius 1 is 1.08 bits per heavy atom. The summed E-state index contributed by atoms with van der Waals surface area (Å²) in [7, 11) is -0.289. The van der Waals surface area contributed by atoms with Crippen molar-refractivity contribution in [3.05, 3.63) is 65.7 Å². The van der Waals surface area contributed by atoms with E-state index in [2.05, 4.69) is 39.4 Å². The Balaban J connectivity index is 1.95. The second-order valence-corrected chi connectivity index (χ2v) is 7.44. The third-order valence-corrected chi connectivity index (χ3v) is 5.27. The lowest BCUT2D eigenvalue weighted by Crippen LogP contribution is -2.38. The van der Waals surface area contributed by atoms with Gasteiger partial charge >= 0.3 is 0 Å². The molecule has 0 fully saturated rings. The molecule has 0 saturated heterocycles. The van der Waals surface area contributed by atoms with Crippen LogP contribution in [0, 0.1) is 0 Å². The maximum atomic E-state index is 11.7. The minimum atomic E-state index is -3.40. The first-order valence-corrected chi connectivity index (χ1v) is 9.49. The van der Waals surface area contributed by atoms with E-state index in [4.69, 9.17) is 0 Å². The van der Waals surface area contributed by atoms with Crippen molar-refractivity contribution in [1.82, 2.24) is 15.4 Å². The zero-order valence-corrected chi connectivity index (χ0v) is 15.5. The number of benzene rings is 2. The van der Waals surface area contributed by atoms with E-state index in [1.54, 1.807) is 31.3 Å². The minimum absolute atomic E-state index is 0.121. The number of nitrogens with zero attached hydrogens (tertiary/aromatic N) is 1. The highest BCUT2D eigenvalue weighted by molar-refractivity contribution is 7.89. The van der Waals surface area contributed by atoms with Crippen LogP contribution in [0.5, 0.6) is 0 Å². The van der Waals surface area contributed by atoms with Crippen LogP contribution < -0.4 is 15.4 Å². The van der Waals surface area contributed by atoms with Crippen molar-refractivity contribution >= 4 is 16.0 Å². The van der Waals surface area contributed by atoms with Gasteiger partial charge < -0.3 is 10.6 Å². The molecule has 134 valence electrons. The molecule has 0 aliphatic carbocycles. The summed E-state index contributed by atoms with van der Waals surface area (Å²) in [5.74, 6) is 0.684. The summed E-state index contributed by atoms with van der Waals surface area (Å²) in [4.78, 5) is 4.48. The zero-order valence-electron chi connectivity index (χ0n) is 14.7. The molecule has 0 aliphatic rings. The molecule has 0 heterocycles. The van der Waals surface area contributed by atoms with Crippen LogP contribution in [0.15, 0.2) is 64.5 Å². The number of rotatable bonds is 6. The number of hydrogen-bond acceptors (Lipinski definition) is 3. The Kier molecular flexibility index (Phi) is 6.55. The fourth-order valence-corrected chi connectivity index (χ4v) is 3.04. The molecular formula is C18H24N4O2S. The Morgan fingerprint density at radius 2 is 1.72 bits per heavy atom. The highest BCUT2D eigenvalue weighted by Crippen LogP contribution is 2.12. The van der Waals surface area contributed by atoms with Gasteiger partial charge in [-0.25, -0.2) is 13.1 Å². The van der Waals surface area contributed by atoms with Gasteiger partial charge in [0.25, 0.3) is 0 Å². The molecule has 0 radical (unpaired) electrons. The number of guanidine groups is 1. The van der Waals surface area contributed by atoms with Gasteiger partial charge in [0, 0.05) is 13.6 Å². The fraction of sp³-hybridized carbons (Fsp3) is 0.278. The first kappa shape index (κ1) is 19.0. The molecule has 0 saturated carbocycles. The number of aliphatic imine (C=N–C) groups is 1. The van der Waals surface area contributed by atoms with E-state index < -0.39 is 10.0 Å². The predicted octanol–water partition coefficient (Wildman–Crippen LogP) is 2.02. The number of hydrogen-bond donors (Lipinski definition) is 3. The average Bonchev–Trinajstić information content (AvgIpc) is 2.66. The first-order valence-electron chi connectivity index (χ1n) is 8.01. The minimum Gasteiger partial charge on any atom is -0.352 e. The third-order valence-electron chi connectivity index (χ3n) is 3.84. The van der Waals surface area contributed by atoms with Crippen molar-refractivity contribution in [1.29, 1.82) is 0 Å². The molecule has 0 spiro atoms. The summed E-state index contributed by atoms with van der Waals surface area (Å²) in [6.07, 6.45) is 0. The molecule has 0 bridgehead atoms. The van der Waals surface area contributed by atoms with Crippen molar-refractivity contribution in [2.75, 3.05) is 14.1 Å². The van der Waals surface area contributed by atoms with Gasteiger partial charge in [0.05, 0.1) is 10.9 Å². The zero-order chi connectivity index (χ0) is 18.3. The highest BCUT2D eigenvalue weighted by Gasteiger charge is 2.11. The Morgan fingerprint density at radius 3 is 2.28 bits per heavy atom. The van der Waals surface area contributed by atoms with Gasteiger partial charge in [-0.3, -0.25) is 4.99 Å². The summed E-state index contributed by atoms with van der Waals surface area (Å²) in [5, 5.41) is 6.56. The second-order valence-electron chi connectivity index (χ2n) is 5.55. The standard InChI is InChI=1S/C18H24N4O2S/c1-14(16-7-5-4-6-8-16)22-18(19-2)21-13-15-9-11-17(12-10-15)25(23,24)20-3/h4-12,14,20H,13H2,1-3H3,(H2,19,21,22). The largest absolute Gasteiger partial charge is 0.352 e. The van der Waals surface area contributed by atoms with Crippen LogP contribution in [0.3, 0.4) is 0 Å². The maximum Gasteiger partial charge on any atom is 0.240 e. The van der Waals surface area contributed by atoms with Crippen molar-refractivity contribution in [3.63, 3.8) is 0 Å². The van der Waals surface area contributed by atoms with Gasteiger partial charge in [-0.1, -0.05) is 42.5 Å². The Hall–Kier alpha value is -2.38. The third kappa shape index (κ3) is 5.30. The monoisotopic (exact) mass is 360 g/mol. The summed E-state index contributed by atoms with van der Waals surface area (Å²) < 4.78 is 25.8. The molecule has 0 aromatic heterocycles. The molecule has 6 nitrogen and oxygen atoms in total. The number of nitrogens with one attached hydrogen (secondary N) is 3. The topological polar surface area (TPSA) is 82.6 Å². The van der Waals surface area contributed by atoms with E-state index >= 15 is 0 Å². The second kappa shape index (κ2) is 8.64. The van der Waals surface area contributed by atoms with Crippen LogP contribution in [-0.2, 0) is 16.6 Å². The molecule has 2 rings (SSSR count). The molecule has 0 amide bonds. The van der Waals surface area contributed by atoms with Crippen LogP contribution in [0.4, 0.5) is 0 Å². The van der Waals surface area contributed by atoms with E-state index in [-0.39, 0.29) is 10.9 Å². The van der Waals surface area contributed by atoms with Crippen LogP contribution in [0.2, 0.25) is 0 Å². The van der Waals surface area contributed by atoms with Crippen molar-refractivity contribution < 1.29 is 8.42 Å². The summed E-state index contributed by atoms with van der Waals surface area (Å²) in [6, 6.07) is 17.0. The van der Waals surface area contributed by atoms with E-state index in [1.807, 2.05) is 18.2 Å². The molecule has 2 aromatic rings.